The summed E-state index contributed by atoms with van der Waals surface area (Å²) in [4.78, 5) is 18.0. The van der Waals surface area contributed by atoms with E-state index in [4.69, 9.17) is 0 Å². The van der Waals surface area contributed by atoms with Crippen molar-refractivity contribution in [2.75, 3.05) is 25.5 Å². The Labute approximate surface area is 109 Å². The van der Waals surface area contributed by atoms with Gasteiger partial charge in [-0.25, -0.2) is 4.98 Å². The van der Waals surface area contributed by atoms with Gasteiger partial charge in [-0.3, -0.25) is 4.79 Å². The van der Waals surface area contributed by atoms with Crippen LogP contribution in [-0.2, 0) is 0 Å². The fourth-order valence-corrected chi connectivity index (χ4v) is 1.72. The minimum Gasteiger partial charge on any atom is -0.384 e. The quantitative estimate of drug-likeness (QED) is 0.843. The number of rotatable bonds is 6. The van der Waals surface area contributed by atoms with E-state index in [1.807, 2.05) is 13.1 Å². The molecule has 1 aromatic rings. The first-order valence-electron chi connectivity index (χ1n) is 6.50. The lowest BCUT2D eigenvalue weighted by Crippen LogP contribution is -2.30. The predicted octanol–water partition coefficient (Wildman–Crippen LogP) is 2.63. The number of pyridine rings is 1. The van der Waals surface area contributed by atoms with Crippen molar-refractivity contribution in [2.45, 2.75) is 27.2 Å². The van der Waals surface area contributed by atoms with Gasteiger partial charge in [-0.2, -0.15) is 0 Å². The van der Waals surface area contributed by atoms with E-state index in [1.54, 1.807) is 17.2 Å². The van der Waals surface area contributed by atoms with Crippen molar-refractivity contribution in [1.82, 2.24) is 9.88 Å². The predicted molar refractivity (Wildman–Crippen MR) is 74.8 cm³/mol. The van der Waals surface area contributed by atoms with Crippen LogP contribution in [0.3, 0.4) is 0 Å². The smallest absolute Gasteiger partial charge is 0.272 e. The lowest BCUT2D eigenvalue weighted by atomic mass is 10.2. The minimum absolute atomic E-state index is 0.0225. The highest BCUT2D eigenvalue weighted by atomic mass is 16.2. The summed E-state index contributed by atoms with van der Waals surface area (Å²) >= 11 is 0. The topological polar surface area (TPSA) is 45.2 Å². The molecule has 0 aromatic carbocycles. The summed E-state index contributed by atoms with van der Waals surface area (Å²) in [6, 6.07) is 3.68. The van der Waals surface area contributed by atoms with Crippen molar-refractivity contribution < 1.29 is 4.79 Å². The van der Waals surface area contributed by atoms with E-state index in [9.17, 15) is 4.79 Å². The van der Waals surface area contributed by atoms with Crippen LogP contribution in [0.15, 0.2) is 18.3 Å². The third-order valence-electron chi connectivity index (χ3n) is 2.55. The molecule has 4 heteroatoms. The molecule has 4 nitrogen and oxygen atoms in total. The van der Waals surface area contributed by atoms with Crippen molar-refractivity contribution in [2.24, 2.45) is 5.92 Å². The Morgan fingerprint density at radius 3 is 2.67 bits per heavy atom. The molecule has 0 unspecified atom stereocenters. The first kappa shape index (κ1) is 14.5. The minimum atomic E-state index is -0.0225. The van der Waals surface area contributed by atoms with Gasteiger partial charge in [0.25, 0.3) is 5.91 Å². The van der Waals surface area contributed by atoms with Crippen LogP contribution in [0.5, 0.6) is 0 Å². The summed E-state index contributed by atoms with van der Waals surface area (Å²) in [5, 5.41) is 3.23. The molecule has 1 heterocycles. The third-order valence-corrected chi connectivity index (χ3v) is 2.55. The highest BCUT2D eigenvalue weighted by molar-refractivity contribution is 5.92. The molecule has 0 bridgehead atoms. The van der Waals surface area contributed by atoms with Gasteiger partial charge in [0.05, 0.1) is 11.9 Å². The maximum atomic E-state index is 12.0. The van der Waals surface area contributed by atoms with Crippen LogP contribution in [0.2, 0.25) is 0 Å². The van der Waals surface area contributed by atoms with Crippen molar-refractivity contribution in [1.29, 1.82) is 0 Å². The molecule has 1 aromatic heterocycles. The van der Waals surface area contributed by atoms with E-state index in [2.05, 4.69) is 31.1 Å². The van der Waals surface area contributed by atoms with Gasteiger partial charge < -0.3 is 10.2 Å². The average molecular weight is 249 g/mol. The Hall–Kier alpha value is -1.58. The van der Waals surface area contributed by atoms with Gasteiger partial charge in [0.2, 0.25) is 0 Å². The summed E-state index contributed by atoms with van der Waals surface area (Å²) in [5.74, 6) is 0.440. The fourth-order valence-electron chi connectivity index (χ4n) is 1.72. The second-order valence-corrected chi connectivity index (χ2v) is 4.94. The number of anilines is 1. The molecular formula is C14H23N3O. The summed E-state index contributed by atoms with van der Waals surface area (Å²) in [7, 11) is 1.81. The summed E-state index contributed by atoms with van der Waals surface area (Å²) < 4.78 is 0. The van der Waals surface area contributed by atoms with E-state index in [-0.39, 0.29) is 5.91 Å². The van der Waals surface area contributed by atoms with E-state index < -0.39 is 0 Å². The zero-order valence-corrected chi connectivity index (χ0v) is 11.7. The van der Waals surface area contributed by atoms with Gasteiger partial charge in [0.1, 0.15) is 5.69 Å². The first-order valence-corrected chi connectivity index (χ1v) is 6.50. The van der Waals surface area contributed by atoms with Crippen LogP contribution < -0.4 is 5.32 Å². The highest BCUT2D eigenvalue weighted by Crippen LogP contribution is 2.08. The molecule has 0 aliphatic rings. The van der Waals surface area contributed by atoms with Crippen LogP contribution in [0.4, 0.5) is 5.69 Å². The molecule has 0 saturated heterocycles. The molecule has 0 radical (unpaired) electrons. The molecule has 0 atom stereocenters. The second kappa shape index (κ2) is 6.99. The van der Waals surface area contributed by atoms with Crippen molar-refractivity contribution >= 4 is 11.6 Å². The number of nitrogens with zero attached hydrogens (tertiary/aromatic N) is 2. The maximum Gasteiger partial charge on any atom is 0.272 e. The Morgan fingerprint density at radius 1 is 1.44 bits per heavy atom. The van der Waals surface area contributed by atoms with Gasteiger partial charge in [0.15, 0.2) is 0 Å². The lowest BCUT2D eigenvalue weighted by molar-refractivity contribution is 0.0773. The average Bonchev–Trinajstić information content (AvgIpc) is 2.35. The number of amides is 1. The van der Waals surface area contributed by atoms with Gasteiger partial charge in [0, 0.05) is 20.1 Å². The monoisotopic (exact) mass is 249 g/mol. The number of hydrogen-bond donors (Lipinski definition) is 1. The van der Waals surface area contributed by atoms with Gasteiger partial charge in [-0.15, -0.1) is 0 Å². The van der Waals surface area contributed by atoms with Crippen LogP contribution in [0.25, 0.3) is 0 Å². The molecule has 1 amide bonds. The zero-order valence-electron chi connectivity index (χ0n) is 11.7. The van der Waals surface area contributed by atoms with Crippen LogP contribution in [0, 0.1) is 5.92 Å². The standard InChI is InChI=1S/C14H23N3O/c1-5-8-15-12-6-7-13(16-9-12)14(18)17(4)10-11(2)3/h6-7,9,11,15H,5,8,10H2,1-4H3. The summed E-state index contributed by atoms with van der Waals surface area (Å²) in [6.07, 6.45) is 2.78. The molecule has 18 heavy (non-hydrogen) atoms. The Balaban J connectivity index is 2.63. The molecule has 1 N–H and O–H groups in total. The molecule has 0 saturated carbocycles. The van der Waals surface area contributed by atoms with E-state index >= 15 is 0 Å². The Bertz CT molecular complexity index is 373. The molecule has 1 rings (SSSR count). The van der Waals surface area contributed by atoms with Gasteiger partial charge in [-0.1, -0.05) is 20.8 Å². The number of carbonyl (C=O) groups excluding carboxylic acids is 1. The maximum absolute atomic E-state index is 12.0. The van der Waals surface area contributed by atoms with Crippen LogP contribution in [0.1, 0.15) is 37.7 Å². The van der Waals surface area contributed by atoms with E-state index in [0.717, 1.165) is 25.2 Å². The van der Waals surface area contributed by atoms with Gasteiger partial charge in [-0.05, 0) is 24.5 Å². The Morgan fingerprint density at radius 2 is 2.17 bits per heavy atom. The first-order chi connectivity index (χ1) is 8.54. The highest BCUT2D eigenvalue weighted by Gasteiger charge is 2.13. The molecule has 100 valence electrons. The Kier molecular flexibility index (Phi) is 5.62. The van der Waals surface area contributed by atoms with Crippen LogP contribution in [-0.4, -0.2) is 35.9 Å². The van der Waals surface area contributed by atoms with Crippen molar-refractivity contribution in [3.63, 3.8) is 0 Å². The fraction of sp³-hybridized carbons (Fsp3) is 0.571. The largest absolute Gasteiger partial charge is 0.384 e. The number of hydrogen-bond acceptors (Lipinski definition) is 3. The zero-order chi connectivity index (χ0) is 13.5. The molecule has 0 aliphatic carbocycles. The summed E-state index contributed by atoms with van der Waals surface area (Å²) in [5.41, 5.74) is 1.46. The molecule has 0 fully saturated rings. The number of carbonyl (C=O) groups is 1. The van der Waals surface area contributed by atoms with Crippen LogP contribution >= 0.6 is 0 Å². The van der Waals surface area contributed by atoms with Crippen molar-refractivity contribution in [3.05, 3.63) is 24.0 Å². The third kappa shape index (κ3) is 4.35. The van der Waals surface area contributed by atoms with E-state index in [1.165, 1.54) is 0 Å². The normalized spacial score (nSPS) is 10.5. The number of nitrogens with one attached hydrogen (secondary N) is 1. The lowest BCUT2D eigenvalue weighted by Gasteiger charge is -2.18. The second-order valence-electron chi connectivity index (χ2n) is 4.94. The molecule has 0 spiro atoms. The SMILES string of the molecule is CCCNc1ccc(C(=O)N(C)CC(C)C)nc1. The van der Waals surface area contributed by atoms with E-state index in [0.29, 0.717) is 11.6 Å². The molecule has 0 aliphatic heterocycles. The van der Waals surface area contributed by atoms with Crippen molar-refractivity contribution in [3.8, 4) is 0 Å². The molecular weight excluding hydrogens is 226 g/mol. The summed E-state index contributed by atoms with van der Waals surface area (Å²) in [6.45, 7) is 7.96. The number of aromatic nitrogens is 1. The van der Waals surface area contributed by atoms with Gasteiger partial charge >= 0.3 is 0 Å².